The number of hydrogen-bond donors (Lipinski definition) is 0. The number of halogens is 1. The van der Waals surface area contributed by atoms with Crippen LogP contribution < -0.4 is 4.74 Å². The summed E-state index contributed by atoms with van der Waals surface area (Å²) in [6, 6.07) is 5.49. The third-order valence-electron chi connectivity index (χ3n) is 4.69. The second-order valence-electron chi connectivity index (χ2n) is 6.79. The first-order valence-corrected chi connectivity index (χ1v) is 11.1. The Balaban J connectivity index is 1.69. The van der Waals surface area contributed by atoms with Gasteiger partial charge in [0.25, 0.3) is 11.1 Å². The molecule has 0 radical (unpaired) electrons. The summed E-state index contributed by atoms with van der Waals surface area (Å²) in [4.78, 5) is 40.2. The number of benzene rings is 1. The van der Waals surface area contributed by atoms with Crippen LogP contribution in [0.25, 0.3) is 6.08 Å². The van der Waals surface area contributed by atoms with Crippen molar-refractivity contribution >= 4 is 50.8 Å². The van der Waals surface area contributed by atoms with Crippen molar-refractivity contribution in [1.82, 2.24) is 9.80 Å². The highest BCUT2D eigenvalue weighted by atomic mass is 79.9. The van der Waals surface area contributed by atoms with Crippen LogP contribution in [0, 0.1) is 0 Å². The summed E-state index contributed by atoms with van der Waals surface area (Å²) < 4.78 is 11.8. The van der Waals surface area contributed by atoms with E-state index in [2.05, 4.69) is 15.9 Å². The average molecular weight is 483 g/mol. The van der Waals surface area contributed by atoms with Gasteiger partial charge in [-0.25, -0.2) is 0 Å². The Kier molecular flexibility index (Phi) is 7.37. The third-order valence-corrected chi connectivity index (χ3v) is 6.21. The monoisotopic (exact) mass is 482 g/mol. The second-order valence-corrected chi connectivity index (χ2v) is 8.64. The van der Waals surface area contributed by atoms with Gasteiger partial charge in [0.15, 0.2) is 0 Å². The third kappa shape index (κ3) is 5.40. The number of hydrogen-bond acceptors (Lipinski definition) is 6. The molecule has 0 aliphatic carbocycles. The Hall–Kier alpha value is -1.84. The molecule has 0 N–H and O–H groups in total. The highest BCUT2D eigenvalue weighted by Crippen LogP contribution is 2.34. The number of morpholine rings is 1. The lowest BCUT2D eigenvalue weighted by atomic mass is 10.2. The Morgan fingerprint density at radius 3 is 2.72 bits per heavy atom. The fourth-order valence-corrected chi connectivity index (χ4v) is 4.17. The largest absolute Gasteiger partial charge is 0.490 e. The van der Waals surface area contributed by atoms with Gasteiger partial charge in [0.2, 0.25) is 5.91 Å². The summed E-state index contributed by atoms with van der Waals surface area (Å²) in [5.74, 6) is 0.0320. The van der Waals surface area contributed by atoms with Crippen LogP contribution in [0.4, 0.5) is 4.79 Å². The minimum atomic E-state index is -0.447. The number of carbonyl (C=O) groups excluding carboxylic acids is 3. The van der Waals surface area contributed by atoms with Crippen molar-refractivity contribution in [3.8, 4) is 5.75 Å². The first kappa shape index (κ1) is 21.9. The van der Waals surface area contributed by atoms with Crippen molar-refractivity contribution < 1.29 is 23.9 Å². The molecule has 0 aromatic heterocycles. The van der Waals surface area contributed by atoms with Crippen molar-refractivity contribution in [2.24, 2.45) is 0 Å². The van der Waals surface area contributed by atoms with E-state index in [4.69, 9.17) is 9.47 Å². The maximum atomic E-state index is 12.7. The van der Waals surface area contributed by atoms with E-state index in [1.807, 2.05) is 32.0 Å². The molecule has 0 bridgehead atoms. The number of thioether (sulfide) groups is 1. The molecule has 2 fully saturated rings. The number of imide groups is 1. The molecule has 29 heavy (non-hydrogen) atoms. The van der Waals surface area contributed by atoms with E-state index in [9.17, 15) is 14.4 Å². The van der Waals surface area contributed by atoms with Gasteiger partial charge in [-0.1, -0.05) is 13.0 Å². The van der Waals surface area contributed by atoms with Gasteiger partial charge in [-0.15, -0.1) is 0 Å². The number of ether oxygens (including phenoxy) is 2. The van der Waals surface area contributed by atoms with Crippen LogP contribution >= 0.6 is 27.7 Å². The van der Waals surface area contributed by atoms with Crippen LogP contribution in [0.5, 0.6) is 5.75 Å². The molecule has 2 heterocycles. The van der Waals surface area contributed by atoms with E-state index < -0.39 is 11.1 Å². The lowest BCUT2D eigenvalue weighted by Gasteiger charge is -2.28. The molecule has 1 aromatic rings. The van der Waals surface area contributed by atoms with Crippen molar-refractivity contribution in [2.45, 2.75) is 26.4 Å². The van der Waals surface area contributed by atoms with E-state index in [0.717, 1.165) is 38.9 Å². The average Bonchev–Trinajstić information content (AvgIpc) is 2.97. The smallest absolute Gasteiger partial charge is 0.294 e. The molecule has 0 unspecified atom stereocenters. The van der Waals surface area contributed by atoms with Crippen molar-refractivity contribution in [3.05, 3.63) is 33.1 Å². The molecule has 0 saturated carbocycles. The zero-order chi connectivity index (χ0) is 21.0. The molecule has 2 aliphatic heterocycles. The summed E-state index contributed by atoms with van der Waals surface area (Å²) in [6.07, 6.45) is 2.64. The van der Waals surface area contributed by atoms with Gasteiger partial charge in [-0.3, -0.25) is 19.3 Å². The number of rotatable bonds is 6. The highest BCUT2D eigenvalue weighted by Gasteiger charge is 2.37. The van der Waals surface area contributed by atoms with Crippen LogP contribution in [0.3, 0.4) is 0 Å². The van der Waals surface area contributed by atoms with Gasteiger partial charge in [0.05, 0.1) is 28.7 Å². The van der Waals surface area contributed by atoms with E-state index in [-0.39, 0.29) is 18.6 Å². The van der Waals surface area contributed by atoms with Crippen LogP contribution in [0.2, 0.25) is 0 Å². The molecule has 3 rings (SSSR count). The molecule has 2 aliphatic rings. The van der Waals surface area contributed by atoms with Crippen molar-refractivity contribution in [2.75, 3.05) is 32.8 Å². The van der Waals surface area contributed by atoms with E-state index in [0.29, 0.717) is 31.2 Å². The van der Waals surface area contributed by atoms with E-state index in [1.165, 1.54) is 0 Å². The number of amides is 3. The fourth-order valence-electron chi connectivity index (χ4n) is 2.84. The molecule has 0 spiro atoms. The molecule has 1 aromatic carbocycles. The maximum absolute atomic E-state index is 12.7. The highest BCUT2D eigenvalue weighted by molar-refractivity contribution is 9.10. The lowest BCUT2D eigenvalue weighted by Crippen LogP contribution is -2.46. The van der Waals surface area contributed by atoms with Crippen LogP contribution in [-0.2, 0) is 14.3 Å². The number of nitrogens with zero attached hydrogens (tertiary/aromatic N) is 2. The molecular weight excluding hydrogens is 460 g/mol. The molecule has 156 valence electrons. The lowest BCUT2D eigenvalue weighted by molar-refractivity contribution is -0.139. The van der Waals surface area contributed by atoms with Gasteiger partial charge in [-0.05, 0) is 64.8 Å². The molecule has 9 heteroatoms. The predicted molar refractivity (Wildman–Crippen MR) is 115 cm³/mol. The van der Waals surface area contributed by atoms with Gasteiger partial charge < -0.3 is 14.4 Å². The molecule has 3 amide bonds. The fraction of sp³-hybridized carbons (Fsp3) is 0.450. The van der Waals surface area contributed by atoms with Gasteiger partial charge in [0, 0.05) is 13.1 Å². The maximum Gasteiger partial charge on any atom is 0.294 e. The summed E-state index contributed by atoms with van der Waals surface area (Å²) in [5.41, 5.74) is 0.762. The minimum Gasteiger partial charge on any atom is -0.490 e. The first-order valence-electron chi connectivity index (χ1n) is 9.46. The standard InChI is InChI=1S/C20H23BrN2O5S/c1-3-13(2)28-16-5-4-14(10-15(16)21)11-17-19(25)23(20(26)29-17)12-18(24)22-6-8-27-9-7-22/h4-5,10-11,13H,3,6-9,12H2,1-2H3/b17-11+/t13-/m0/s1. The molecule has 1 atom stereocenters. The summed E-state index contributed by atoms with van der Waals surface area (Å²) in [7, 11) is 0. The molecular formula is C20H23BrN2O5S. The first-order chi connectivity index (χ1) is 13.9. The van der Waals surface area contributed by atoms with Crippen molar-refractivity contribution in [1.29, 1.82) is 0 Å². The predicted octanol–water partition coefficient (Wildman–Crippen LogP) is 3.52. The Labute approximate surface area is 182 Å². The quantitative estimate of drug-likeness (QED) is 0.577. The summed E-state index contributed by atoms with van der Waals surface area (Å²) in [5, 5.41) is -0.432. The zero-order valence-electron chi connectivity index (χ0n) is 16.4. The Morgan fingerprint density at radius 2 is 2.07 bits per heavy atom. The summed E-state index contributed by atoms with van der Waals surface area (Å²) >= 11 is 4.33. The molecule has 2 saturated heterocycles. The minimum absolute atomic E-state index is 0.0950. The zero-order valence-corrected chi connectivity index (χ0v) is 18.8. The van der Waals surface area contributed by atoms with Crippen LogP contribution in [0.15, 0.2) is 27.6 Å². The van der Waals surface area contributed by atoms with E-state index >= 15 is 0 Å². The summed E-state index contributed by atoms with van der Waals surface area (Å²) in [6.45, 7) is 5.70. The normalized spacial score (nSPS) is 19.8. The molecule has 7 nitrogen and oxygen atoms in total. The SMILES string of the molecule is CC[C@H](C)Oc1ccc(/C=C2/SC(=O)N(CC(=O)N3CCOCC3)C2=O)cc1Br. The Bertz CT molecular complexity index is 838. The van der Waals surface area contributed by atoms with Crippen LogP contribution in [-0.4, -0.2) is 65.8 Å². The van der Waals surface area contributed by atoms with Crippen molar-refractivity contribution in [3.63, 3.8) is 0 Å². The van der Waals surface area contributed by atoms with Gasteiger partial charge in [0.1, 0.15) is 12.3 Å². The second kappa shape index (κ2) is 9.77. The Morgan fingerprint density at radius 1 is 1.34 bits per heavy atom. The topological polar surface area (TPSA) is 76.2 Å². The van der Waals surface area contributed by atoms with Crippen LogP contribution in [0.1, 0.15) is 25.8 Å². The van der Waals surface area contributed by atoms with Gasteiger partial charge in [-0.2, -0.15) is 0 Å². The van der Waals surface area contributed by atoms with Gasteiger partial charge >= 0.3 is 0 Å². The van der Waals surface area contributed by atoms with E-state index in [1.54, 1.807) is 11.0 Å². The number of carbonyl (C=O) groups is 3.